The van der Waals surface area contributed by atoms with E-state index in [4.69, 9.17) is 5.11 Å². The molecule has 3 nitrogen and oxygen atoms in total. The van der Waals surface area contributed by atoms with Gasteiger partial charge in [-0.2, -0.15) is 0 Å². The summed E-state index contributed by atoms with van der Waals surface area (Å²) < 4.78 is 40.0. The lowest BCUT2D eigenvalue weighted by Crippen LogP contribution is -2.19. The van der Waals surface area contributed by atoms with Gasteiger partial charge in [0.05, 0.1) is 15.9 Å². The number of rotatable bonds is 3. The second-order valence-corrected chi connectivity index (χ2v) is 4.44. The number of nitrogens with zero attached hydrogens (tertiary/aromatic N) is 1. The first-order chi connectivity index (χ1) is 7.37. The van der Waals surface area contributed by atoms with Gasteiger partial charge in [0.25, 0.3) is 0 Å². The molecule has 8 heteroatoms. The molecule has 0 atom stereocenters. The zero-order chi connectivity index (χ0) is 12.3. The summed E-state index contributed by atoms with van der Waals surface area (Å²) in [6, 6.07) is 1.41. The van der Waals surface area contributed by atoms with Crippen LogP contribution in [0, 0.1) is 3.57 Å². The van der Waals surface area contributed by atoms with Gasteiger partial charge in [-0.05, 0) is 28.7 Å². The van der Waals surface area contributed by atoms with E-state index in [9.17, 15) is 13.2 Å². The Morgan fingerprint density at radius 1 is 1.50 bits per heavy atom. The van der Waals surface area contributed by atoms with Crippen molar-refractivity contribution in [3.8, 4) is 5.88 Å². The predicted octanol–water partition coefficient (Wildman–Crippen LogP) is 2.97. The third kappa shape index (κ3) is 3.74. The average Bonchev–Trinajstić information content (AvgIpc) is 2.18. The van der Waals surface area contributed by atoms with Crippen molar-refractivity contribution < 1.29 is 23.0 Å². The van der Waals surface area contributed by atoms with E-state index in [-0.39, 0.29) is 15.5 Å². The number of aliphatic hydroxyl groups is 1. The van der Waals surface area contributed by atoms with Crippen LogP contribution in [0.3, 0.4) is 0 Å². The Labute approximate surface area is 111 Å². The van der Waals surface area contributed by atoms with Gasteiger partial charge in [-0.15, -0.1) is 13.2 Å². The fourth-order valence-electron chi connectivity index (χ4n) is 0.980. The molecular weight excluding hydrogens is 406 g/mol. The van der Waals surface area contributed by atoms with E-state index in [1.165, 1.54) is 6.07 Å². The Hall–Kier alpha value is -0.0900. The van der Waals surface area contributed by atoms with Gasteiger partial charge in [-0.1, -0.05) is 15.9 Å². The molecule has 0 radical (unpaired) electrons. The number of hydrogen-bond acceptors (Lipinski definition) is 3. The molecule has 1 N–H and O–H groups in total. The topological polar surface area (TPSA) is 42.4 Å². The molecule has 1 aromatic rings. The van der Waals surface area contributed by atoms with Crippen LogP contribution >= 0.6 is 38.5 Å². The van der Waals surface area contributed by atoms with E-state index in [0.717, 1.165) is 0 Å². The summed E-state index contributed by atoms with van der Waals surface area (Å²) in [5.41, 5.74) is 0.790. The van der Waals surface area contributed by atoms with E-state index < -0.39 is 12.2 Å². The van der Waals surface area contributed by atoms with Gasteiger partial charge >= 0.3 is 6.36 Å². The Morgan fingerprint density at radius 3 is 2.56 bits per heavy atom. The first-order valence-corrected chi connectivity index (χ1v) is 6.18. The van der Waals surface area contributed by atoms with Crippen molar-refractivity contribution in [3.63, 3.8) is 0 Å². The maximum absolute atomic E-state index is 12.0. The summed E-state index contributed by atoms with van der Waals surface area (Å²) >= 11 is 4.74. The monoisotopic (exact) mass is 411 g/mol. The molecule has 90 valence electrons. The van der Waals surface area contributed by atoms with Crippen LogP contribution in [0.5, 0.6) is 5.88 Å². The molecule has 1 heterocycles. The smallest absolute Gasteiger partial charge is 0.392 e. The van der Waals surface area contributed by atoms with Gasteiger partial charge in [0.1, 0.15) is 0 Å². The summed E-state index contributed by atoms with van der Waals surface area (Å²) in [6.45, 7) is -0.282. The fourth-order valence-corrected chi connectivity index (χ4v) is 2.07. The largest absolute Gasteiger partial charge is 0.574 e. The van der Waals surface area contributed by atoms with Crippen molar-refractivity contribution in [2.24, 2.45) is 0 Å². The molecule has 0 aromatic carbocycles. The van der Waals surface area contributed by atoms with Crippen LogP contribution in [-0.2, 0) is 11.9 Å². The highest BCUT2D eigenvalue weighted by Gasteiger charge is 2.33. The molecule has 0 unspecified atom stereocenters. The van der Waals surface area contributed by atoms with E-state index >= 15 is 0 Å². The average molecular weight is 412 g/mol. The summed E-state index contributed by atoms with van der Waals surface area (Å²) in [4.78, 5) is 3.69. The molecule has 0 aliphatic heterocycles. The van der Waals surface area contributed by atoms with Crippen LogP contribution in [0.25, 0.3) is 0 Å². The van der Waals surface area contributed by atoms with Crippen molar-refractivity contribution in [3.05, 3.63) is 20.9 Å². The third-order valence-electron chi connectivity index (χ3n) is 1.62. The van der Waals surface area contributed by atoms with Crippen LogP contribution in [0.4, 0.5) is 13.2 Å². The van der Waals surface area contributed by atoms with Crippen LogP contribution in [0.15, 0.2) is 6.07 Å². The molecule has 16 heavy (non-hydrogen) atoms. The highest BCUT2D eigenvalue weighted by Crippen LogP contribution is 2.28. The highest BCUT2D eigenvalue weighted by molar-refractivity contribution is 14.1. The number of ether oxygens (including phenoxy) is 1. The van der Waals surface area contributed by atoms with Crippen molar-refractivity contribution in [1.82, 2.24) is 4.98 Å². The second-order valence-electron chi connectivity index (χ2n) is 2.72. The van der Waals surface area contributed by atoms with Gasteiger partial charge < -0.3 is 9.84 Å². The van der Waals surface area contributed by atoms with Crippen molar-refractivity contribution in [2.45, 2.75) is 18.3 Å². The highest BCUT2D eigenvalue weighted by atomic mass is 127. The summed E-state index contributed by atoms with van der Waals surface area (Å²) in [6.07, 6.45) is -4.77. The van der Waals surface area contributed by atoms with Crippen LogP contribution in [0.1, 0.15) is 11.3 Å². The van der Waals surface area contributed by atoms with Crippen LogP contribution < -0.4 is 4.74 Å². The normalized spacial score (nSPS) is 11.6. The first kappa shape index (κ1) is 14.0. The SMILES string of the molecule is OCc1cc(I)c(OC(F)(F)F)nc1CBr. The molecule has 0 amide bonds. The third-order valence-corrected chi connectivity index (χ3v) is 2.93. The first-order valence-electron chi connectivity index (χ1n) is 3.98. The molecular formula is C8H6BrF3INO2. The van der Waals surface area contributed by atoms with Crippen LogP contribution in [0.2, 0.25) is 0 Å². The van der Waals surface area contributed by atoms with Gasteiger partial charge in [0, 0.05) is 10.9 Å². The Bertz CT molecular complexity index is 386. The summed E-state index contributed by atoms with van der Waals surface area (Å²) in [5.74, 6) is -0.500. The number of alkyl halides is 4. The minimum atomic E-state index is -4.77. The minimum Gasteiger partial charge on any atom is -0.392 e. The molecule has 0 spiro atoms. The molecule has 0 aliphatic rings. The van der Waals surface area contributed by atoms with Crippen LogP contribution in [-0.4, -0.2) is 16.5 Å². The van der Waals surface area contributed by atoms with E-state index in [1.807, 2.05) is 0 Å². The molecule has 0 aliphatic carbocycles. The minimum absolute atomic E-state index is 0.198. The Balaban J connectivity index is 3.11. The standard InChI is InChI=1S/C8H6BrF3INO2/c9-2-6-4(3-15)1-5(13)7(14-6)16-8(10,11)12/h1,15H,2-3H2. The molecule has 0 bridgehead atoms. The van der Waals surface area contributed by atoms with Crippen molar-refractivity contribution >= 4 is 38.5 Å². The summed E-state index contributed by atoms with van der Waals surface area (Å²) in [5, 5.41) is 9.21. The lowest BCUT2D eigenvalue weighted by Gasteiger charge is -2.12. The maximum Gasteiger partial charge on any atom is 0.574 e. The van der Waals surface area contributed by atoms with Gasteiger partial charge in [0.2, 0.25) is 5.88 Å². The van der Waals surface area contributed by atoms with Gasteiger partial charge in [-0.25, -0.2) is 4.98 Å². The second kappa shape index (κ2) is 5.50. The lowest BCUT2D eigenvalue weighted by atomic mass is 10.2. The van der Waals surface area contributed by atoms with E-state index in [0.29, 0.717) is 11.3 Å². The number of aliphatic hydroxyl groups excluding tert-OH is 1. The maximum atomic E-state index is 12.0. The van der Waals surface area contributed by atoms with Crippen molar-refractivity contribution in [1.29, 1.82) is 0 Å². The predicted molar refractivity (Wildman–Crippen MR) is 62.2 cm³/mol. The molecule has 1 rings (SSSR count). The van der Waals surface area contributed by atoms with E-state index in [2.05, 4.69) is 25.7 Å². The Kier molecular flexibility index (Phi) is 4.80. The molecule has 0 saturated carbocycles. The quantitative estimate of drug-likeness (QED) is 0.614. The number of hydrogen-bond donors (Lipinski definition) is 1. The summed E-state index contributed by atoms with van der Waals surface area (Å²) in [7, 11) is 0. The zero-order valence-electron chi connectivity index (χ0n) is 7.68. The Morgan fingerprint density at radius 2 is 2.12 bits per heavy atom. The van der Waals surface area contributed by atoms with Gasteiger partial charge in [-0.3, -0.25) is 0 Å². The lowest BCUT2D eigenvalue weighted by molar-refractivity contribution is -0.276. The van der Waals surface area contributed by atoms with Crippen molar-refractivity contribution in [2.75, 3.05) is 0 Å². The fraction of sp³-hybridized carbons (Fsp3) is 0.375. The number of halogens is 5. The van der Waals surface area contributed by atoms with E-state index in [1.54, 1.807) is 22.6 Å². The zero-order valence-corrected chi connectivity index (χ0v) is 11.4. The molecule has 1 aromatic heterocycles. The van der Waals surface area contributed by atoms with Gasteiger partial charge in [0.15, 0.2) is 0 Å². The molecule has 0 fully saturated rings. The molecule has 0 saturated heterocycles. The number of aromatic nitrogens is 1. The number of pyridine rings is 1.